The zero-order valence-corrected chi connectivity index (χ0v) is 12.4. The lowest BCUT2D eigenvalue weighted by Crippen LogP contribution is -2.40. The maximum Gasteiger partial charge on any atom is 0.274 e. The van der Waals surface area contributed by atoms with Gasteiger partial charge in [0, 0.05) is 18.7 Å². The van der Waals surface area contributed by atoms with Crippen LogP contribution in [0.5, 0.6) is 0 Å². The molecule has 21 heavy (non-hydrogen) atoms. The van der Waals surface area contributed by atoms with Gasteiger partial charge in [-0.2, -0.15) is 4.52 Å². The highest BCUT2D eigenvalue weighted by Crippen LogP contribution is 2.21. The van der Waals surface area contributed by atoms with Gasteiger partial charge in [-0.05, 0) is 39.4 Å². The average Bonchev–Trinajstić information content (AvgIpc) is 2.95. The molecular formula is C14H22N6O. The SMILES string of the molecule is CNCCC1CCCCN1Cc1cc(=O)n2[nH]cnc2n1. The molecule has 2 aromatic heterocycles. The van der Waals surface area contributed by atoms with Crippen molar-refractivity contribution in [3.8, 4) is 0 Å². The van der Waals surface area contributed by atoms with Crippen LogP contribution in [0.2, 0.25) is 0 Å². The largest absolute Gasteiger partial charge is 0.320 e. The Morgan fingerprint density at radius 2 is 2.38 bits per heavy atom. The van der Waals surface area contributed by atoms with Crippen molar-refractivity contribution in [1.82, 2.24) is 29.8 Å². The van der Waals surface area contributed by atoms with Crippen LogP contribution in [-0.2, 0) is 6.54 Å². The van der Waals surface area contributed by atoms with Crippen LogP contribution < -0.4 is 10.9 Å². The Morgan fingerprint density at radius 1 is 1.48 bits per heavy atom. The Morgan fingerprint density at radius 3 is 3.24 bits per heavy atom. The Hall–Kier alpha value is -1.73. The van der Waals surface area contributed by atoms with Gasteiger partial charge in [0.1, 0.15) is 6.33 Å². The van der Waals surface area contributed by atoms with E-state index in [1.165, 1.54) is 30.1 Å². The molecule has 0 amide bonds. The van der Waals surface area contributed by atoms with Gasteiger partial charge in [0.2, 0.25) is 0 Å². The molecule has 1 unspecified atom stereocenters. The number of aromatic amines is 1. The molecule has 7 heteroatoms. The number of piperidine rings is 1. The van der Waals surface area contributed by atoms with E-state index in [1.807, 2.05) is 7.05 Å². The normalized spacial score (nSPS) is 20.1. The van der Waals surface area contributed by atoms with Gasteiger partial charge in [-0.25, -0.2) is 9.97 Å². The lowest BCUT2D eigenvalue weighted by molar-refractivity contribution is 0.131. The number of aromatic nitrogens is 4. The van der Waals surface area contributed by atoms with Crippen LogP contribution in [0.25, 0.3) is 5.78 Å². The molecule has 0 saturated carbocycles. The first-order chi connectivity index (χ1) is 10.3. The smallest absolute Gasteiger partial charge is 0.274 e. The Bertz CT molecular complexity index is 648. The molecule has 0 spiro atoms. The summed E-state index contributed by atoms with van der Waals surface area (Å²) in [4.78, 5) is 23.0. The predicted molar refractivity (Wildman–Crippen MR) is 80.2 cm³/mol. The minimum Gasteiger partial charge on any atom is -0.320 e. The van der Waals surface area contributed by atoms with E-state index in [9.17, 15) is 4.79 Å². The van der Waals surface area contributed by atoms with Crippen LogP contribution in [-0.4, -0.2) is 50.7 Å². The van der Waals surface area contributed by atoms with Crippen LogP contribution in [0.15, 0.2) is 17.2 Å². The van der Waals surface area contributed by atoms with Gasteiger partial charge < -0.3 is 5.32 Å². The van der Waals surface area contributed by atoms with Gasteiger partial charge in [0.15, 0.2) is 0 Å². The van der Waals surface area contributed by atoms with E-state index in [0.717, 1.165) is 31.7 Å². The number of fused-ring (bicyclic) bond motifs is 1. The highest BCUT2D eigenvalue weighted by atomic mass is 16.1. The van der Waals surface area contributed by atoms with E-state index in [0.29, 0.717) is 11.8 Å². The summed E-state index contributed by atoms with van der Waals surface area (Å²) in [5, 5.41) is 5.98. The third-order valence-corrected chi connectivity index (χ3v) is 4.16. The van der Waals surface area contributed by atoms with Crippen LogP contribution in [0.3, 0.4) is 0 Å². The topological polar surface area (TPSA) is 78.3 Å². The van der Waals surface area contributed by atoms with Crippen LogP contribution in [0, 0.1) is 0 Å². The fourth-order valence-electron chi connectivity index (χ4n) is 3.06. The molecule has 0 bridgehead atoms. The number of H-pyrrole nitrogens is 1. The fourth-order valence-corrected chi connectivity index (χ4v) is 3.06. The van der Waals surface area contributed by atoms with Gasteiger partial charge in [-0.1, -0.05) is 6.42 Å². The van der Waals surface area contributed by atoms with Crippen molar-refractivity contribution in [2.24, 2.45) is 0 Å². The van der Waals surface area contributed by atoms with Crippen molar-refractivity contribution in [3.05, 3.63) is 28.4 Å². The Labute approximate surface area is 123 Å². The molecule has 1 saturated heterocycles. The standard InChI is InChI=1S/C14H22N6O/c1-15-6-5-12-4-2-3-7-19(12)9-11-8-13(21)20-14(18-11)16-10-17-20/h8,10,12,15H,2-7,9H2,1H3,(H,16,17,18). The molecule has 1 aliphatic rings. The first-order valence-electron chi connectivity index (χ1n) is 7.58. The van der Waals surface area contributed by atoms with Crippen molar-refractivity contribution < 1.29 is 0 Å². The first kappa shape index (κ1) is 14.2. The number of rotatable bonds is 5. The lowest BCUT2D eigenvalue weighted by atomic mass is 9.99. The molecular weight excluding hydrogens is 268 g/mol. The minimum absolute atomic E-state index is 0.101. The maximum atomic E-state index is 12.0. The predicted octanol–water partition coefficient (Wildman–Crippen LogP) is 0.382. The van der Waals surface area contributed by atoms with E-state index in [4.69, 9.17) is 0 Å². The van der Waals surface area contributed by atoms with Gasteiger partial charge in [-0.3, -0.25) is 14.8 Å². The van der Waals surface area contributed by atoms with Gasteiger partial charge in [-0.15, -0.1) is 0 Å². The molecule has 0 aromatic carbocycles. The van der Waals surface area contributed by atoms with Crippen molar-refractivity contribution in [2.75, 3.05) is 20.1 Å². The maximum absolute atomic E-state index is 12.0. The molecule has 1 fully saturated rings. The summed E-state index contributed by atoms with van der Waals surface area (Å²) in [6, 6.07) is 2.18. The number of likely N-dealkylation sites (tertiary alicyclic amines) is 1. The summed E-state index contributed by atoms with van der Waals surface area (Å²) in [5.74, 6) is 0.446. The monoisotopic (exact) mass is 290 g/mol. The number of hydrogen-bond acceptors (Lipinski definition) is 5. The minimum atomic E-state index is -0.101. The molecule has 7 nitrogen and oxygen atoms in total. The molecule has 3 heterocycles. The highest BCUT2D eigenvalue weighted by molar-refractivity contribution is 5.26. The second-order valence-corrected chi connectivity index (χ2v) is 5.62. The van der Waals surface area contributed by atoms with E-state index in [-0.39, 0.29) is 5.56 Å². The van der Waals surface area contributed by atoms with E-state index >= 15 is 0 Å². The summed E-state index contributed by atoms with van der Waals surface area (Å²) < 4.78 is 1.36. The van der Waals surface area contributed by atoms with E-state index in [1.54, 1.807) is 6.07 Å². The number of hydrogen-bond donors (Lipinski definition) is 2. The van der Waals surface area contributed by atoms with Crippen molar-refractivity contribution in [2.45, 2.75) is 38.3 Å². The summed E-state index contributed by atoms with van der Waals surface area (Å²) in [7, 11) is 1.99. The second-order valence-electron chi connectivity index (χ2n) is 5.62. The van der Waals surface area contributed by atoms with Gasteiger partial charge in [0.05, 0.1) is 5.69 Å². The zero-order chi connectivity index (χ0) is 14.7. The van der Waals surface area contributed by atoms with E-state index < -0.39 is 0 Å². The third-order valence-electron chi connectivity index (χ3n) is 4.16. The zero-order valence-electron chi connectivity index (χ0n) is 12.4. The van der Waals surface area contributed by atoms with Crippen molar-refractivity contribution in [3.63, 3.8) is 0 Å². The quantitative estimate of drug-likeness (QED) is 0.832. The average molecular weight is 290 g/mol. The summed E-state index contributed by atoms with van der Waals surface area (Å²) in [6.45, 7) is 2.83. The Balaban J connectivity index is 1.77. The van der Waals surface area contributed by atoms with Crippen LogP contribution >= 0.6 is 0 Å². The molecule has 2 aromatic rings. The lowest BCUT2D eigenvalue weighted by Gasteiger charge is -2.35. The van der Waals surface area contributed by atoms with Crippen molar-refractivity contribution >= 4 is 5.78 Å². The molecule has 0 aliphatic carbocycles. The molecule has 1 atom stereocenters. The first-order valence-corrected chi connectivity index (χ1v) is 7.58. The fraction of sp³-hybridized carbons (Fsp3) is 0.643. The third kappa shape index (κ3) is 3.14. The summed E-state index contributed by atoms with van der Waals surface area (Å²) in [6.07, 6.45) is 6.37. The van der Waals surface area contributed by atoms with Crippen LogP contribution in [0.1, 0.15) is 31.4 Å². The summed E-state index contributed by atoms with van der Waals surface area (Å²) >= 11 is 0. The summed E-state index contributed by atoms with van der Waals surface area (Å²) in [5.41, 5.74) is 0.708. The molecule has 1 aliphatic heterocycles. The number of nitrogens with one attached hydrogen (secondary N) is 2. The van der Waals surface area contributed by atoms with E-state index in [2.05, 4.69) is 25.3 Å². The second kappa shape index (κ2) is 6.36. The molecule has 114 valence electrons. The van der Waals surface area contributed by atoms with Gasteiger partial charge in [0.25, 0.3) is 11.3 Å². The Kier molecular flexibility index (Phi) is 4.31. The van der Waals surface area contributed by atoms with Crippen molar-refractivity contribution in [1.29, 1.82) is 0 Å². The highest BCUT2D eigenvalue weighted by Gasteiger charge is 2.22. The molecule has 3 rings (SSSR count). The van der Waals surface area contributed by atoms with Crippen LogP contribution in [0.4, 0.5) is 0 Å². The molecule has 0 radical (unpaired) electrons. The molecule has 2 N–H and O–H groups in total. The van der Waals surface area contributed by atoms with Gasteiger partial charge >= 0.3 is 0 Å². The number of nitrogens with zero attached hydrogens (tertiary/aromatic N) is 4.